The van der Waals surface area contributed by atoms with Gasteiger partial charge in [-0.15, -0.1) is 23.2 Å². The quantitative estimate of drug-likeness (QED) is 0.640. The number of halogens is 1. The van der Waals surface area contributed by atoms with Gasteiger partial charge in [0.2, 0.25) is 0 Å². The van der Waals surface area contributed by atoms with Crippen LogP contribution in [0.4, 0.5) is 4.39 Å². The lowest BCUT2D eigenvalue weighted by Gasteiger charge is -2.06. The van der Waals surface area contributed by atoms with Gasteiger partial charge in [-0.1, -0.05) is 12.1 Å². The molecule has 0 radical (unpaired) electrons. The average molecular weight is 273 g/mol. The summed E-state index contributed by atoms with van der Waals surface area (Å²) in [6.45, 7) is 3.43. The zero-order valence-electron chi connectivity index (χ0n) is 10.9. The highest BCUT2D eigenvalue weighted by Gasteiger charge is 2.06. The zero-order valence-corrected chi connectivity index (χ0v) is 11.7. The number of rotatable bonds is 5. The van der Waals surface area contributed by atoms with Crippen LogP contribution in [0.15, 0.2) is 35.7 Å². The van der Waals surface area contributed by atoms with Gasteiger partial charge in [0.25, 0.3) is 0 Å². The molecule has 98 valence electrons. The van der Waals surface area contributed by atoms with Crippen molar-refractivity contribution in [1.82, 2.24) is 5.32 Å². The number of nitrogens with one attached hydrogen (secondary N) is 1. The summed E-state index contributed by atoms with van der Waals surface area (Å²) in [6.07, 6.45) is 0.843. The van der Waals surface area contributed by atoms with Gasteiger partial charge in [0.05, 0.1) is 0 Å². The van der Waals surface area contributed by atoms with Crippen LogP contribution in [0.2, 0.25) is 0 Å². The fourth-order valence-corrected chi connectivity index (χ4v) is 2.56. The number of thiophene rings is 1. The Bertz CT molecular complexity index is 579. The molecule has 1 N–H and O–H groups in total. The largest absolute Gasteiger partial charge is 0.312 e. The molecule has 2 aromatic rings. The van der Waals surface area contributed by atoms with Crippen molar-refractivity contribution < 1.29 is 4.39 Å². The number of hydrogen-bond donors (Lipinski definition) is 1. The molecule has 0 unspecified atom stereocenters. The Morgan fingerprint density at radius 2 is 2.21 bits per heavy atom. The lowest BCUT2D eigenvalue weighted by molar-refractivity contribution is 0.629. The molecule has 19 heavy (non-hydrogen) atoms. The summed E-state index contributed by atoms with van der Waals surface area (Å²) in [5.41, 5.74) is 1.77. The van der Waals surface area contributed by atoms with Crippen molar-refractivity contribution >= 4 is 11.3 Å². The fourth-order valence-electron chi connectivity index (χ4n) is 1.81. The highest BCUT2D eigenvalue weighted by molar-refractivity contribution is 7.13. The Morgan fingerprint density at radius 1 is 1.32 bits per heavy atom. The first kappa shape index (κ1) is 13.8. The lowest BCUT2D eigenvalue weighted by atomic mass is 10.1. The standard InChI is InChI=1S/C16H16FNS/c1-2-3-4-9-18-12-13-7-8-15(17)14(11-13)16-6-5-10-19-16/h5-8,10-11,18H,4,9,12H2,1H3. The van der Waals surface area contributed by atoms with E-state index < -0.39 is 0 Å². The second-order valence-corrected chi connectivity index (χ2v) is 5.09. The number of benzene rings is 1. The molecule has 0 saturated carbocycles. The third-order valence-corrected chi connectivity index (χ3v) is 3.65. The predicted molar refractivity (Wildman–Crippen MR) is 79.5 cm³/mol. The van der Waals surface area contributed by atoms with Gasteiger partial charge in [-0.3, -0.25) is 0 Å². The van der Waals surface area contributed by atoms with Crippen molar-refractivity contribution in [3.8, 4) is 22.3 Å². The summed E-state index contributed by atoms with van der Waals surface area (Å²) in [7, 11) is 0. The summed E-state index contributed by atoms with van der Waals surface area (Å²) in [6, 6.07) is 9.16. The second kappa shape index (κ2) is 7.08. The Morgan fingerprint density at radius 3 is 2.95 bits per heavy atom. The van der Waals surface area contributed by atoms with Gasteiger partial charge in [-0.05, 0) is 36.1 Å². The summed E-state index contributed by atoms with van der Waals surface area (Å²) >= 11 is 1.56. The fraction of sp³-hybridized carbons (Fsp3) is 0.250. The van der Waals surface area contributed by atoms with Crippen molar-refractivity contribution in [3.63, 3.8) is 0 Å². The molecule has 0 aliphatic carbocycles. The summed E-state index contributed by atoms with van der Waals surface area (Å²) in [5, 5.41) is 5.27. The van der Waals surface area contributed by atoms with Crippen LogP contribution in [-0.2, 0) is 6.54 Å². The molecule has 1 aromatic carbocycles. The molecule has 0 fully saturated rings. The van der Waals surface area contributed by atoms with E-state index in [1.807, 2.05) is 36.6 Å². The summed E-state index contributed by atoms with van der Waals surface area (Å²) in [5.74, 6) is 5.71. The van der Waals surface area contributed by atoms with Crippen LogP contribution >= 0.6 is 11.3 Å². The molecule has 0 atom stereocenters. The SMILES string of the molecule is CC#CCCNCc1ccc(F)c(-c2cccs2)c1. The van der Waals surface area contributed by atoms with Crippen molar-refractivity contribution in [1.29, 1.82) is 0 Å². The Hall–Kier alpha value is -1.63. The monoisotopic (exact) mass is 273 g/mol. The van der Waals surface area contributed by atoms with E-state index in [-0.39, 0.29) is 5.82 Å². The van der Waals surface area contributed by atoms with E-state index >= 15 is 0 Å². The van der Waals surface area contributed by atoms with Crippen molar-refractivity contribution in [2.45, 2.75) is 19.9 Å². The van der Waals surface area contributed by atoms with E-state index in [4.69, 9.17) is 0 Å². The molecule has 0 amide bonds. The molecule has 3 heteroatoms. The molecular formula is C16H16FNS. The lowest BCUT2D eigenvalue weighted by Crippen LogP contribution is -2.14. The van der Waals surface area contributed by atoms with E-state index in [9.17, 15) is 4.39 Å². The topological polar surface area (TPSA) is 12.0 Å². The predicted octanol–water partition coefficient (Wildman–Crippen LogP) is 4.06. The minimum absolute atomic E-state index is 0.164. The van der Waals surface area contributed by atoms with Crippen LogP contribution in [0.1, 0.15) is 18.9 Å². The van der Waals surface area contributed by atoms with E-state index in [2.05, 4.69) is 17.2 Å². The molecule has 0 aliphatic rings. The minimum atomic E-state index is -0.164. The molecule has 0 saturated heterocycles. The molecule has 1 heterocycles. The average Bonchev–Trinajstić information content (AvgIpc) is 2.94. The molecule has 2 rings (SSSR count). The zero-order chi connectivity index (χ0) is 13.5. The van der Waals surface area contributed by atoms with Crippen molar-refractivity contribution in [2.24, 2.45) is 0 Å². The van der Waals surface area contributed by atoms with Gasteiger partial charge in [-0.25, -0.2) is 4.39 Å². The summed E-state index contributed by atoms with van der Waals surface area (Å²) in [4.78, 5) is 0.969. The van der Waals surface area contributed by atoms with Gasteiger partial charge in [0.1, 0.15) is 5.82 Å². The van der Waals surface area contributed by atoms with Crippen LogP contribution in [0.5, 0.6) is 0 Å². The van der Waals surface area contributed by atoms with Gasteiger partial charge in [0.15, 0.2) is 0 Å². The second-order valence-electron chi connectivity index (χ2n) is 4.15. The third-order valence-electron chi connectivity index (χ3n) is 2.75. The molecule has 0 bridgehead atoms. The first-order valence-corrected chi connectivity index (χ1v) is 7.12. The van der Waals surface area contributed by atoms with Crippen molar-refractivity contribution in [2.75, 3.05) is 6.54 Å². The first-order valence-electron chi connectivity index (χ1n) is 6.24. The third kappa shape index (κ3) is 3.92. The molecule has 1 nitrogen and oxygen atoms in total. The molecule has 1 aromatic heterocycles. The molecule has 0 aliphatic heterocycles. The van der Waals surface area contributed by atoms with Gasteiger partial charge < -0.3 is 5.32 Å². The smallest absolute Gasteiger partial charge is 0.131 e. The van der Waals surface area contributed by atoms with E-state index in [1.165, 1.54) is 6.07 Å². The Labute approximate surface area is 117 Å². The van der Waals surface area contributed by atoms with E-state index in [0.717, 1.165) is 30.0 Å². The van der Waals surface area contributed by atoms with Crippen LogP contribution in [0.25, 0.3) is 10.4 Å². The molecule has 0 spiro atoms. The Balaban J connectivity index is 2.02. The minimum Gasteiger partial charge on any atom is -0.312 e. The maximum absolute atomic E-state index is 13.8. The van der Waals surface area contributed by atoms with Gasteiger partial charge >= 0.3 is 0 Å². The number of hydrogen-bond acceptors (Lipinski definition) is 2. The van der Waals surface area contributed by atoms with Gasteiger partial charge in [-0.2, -0.15) is 0 Å². The normalized spacial score (nSPS) is 10.0. The van der Waals surface area contributed by atoms with Crippen LogP contribution in [0.3, 0.4) is 0 Å². The van der Waals surface area contributed by atoms with Gasteiger partial charge in [0, 0.05) is 30.0 Å². The highest BCUT2D eigenvalue weighted by atomic mass is 32.1. The first-order chi connectivity index (χ1) is 9.31. The van der Waals surface area contributed by atoms with E-state index in [0.29, 0.717) is 5.56 Å². The van der Waals surface area contributed by atoms with Crippen LogP contribution in [0, 0.1) is 17.7 Å². The van der Waals surface area contributed by atoms with Crippen LogP contribution in [-0.4, -0.2) is 6.54 Å². The summed E-state index contributed by atoms with van der Waals surface area (Å²) < 4.78 is 13.8. The maximum Gasteiger partial charge on any atom is 0.131 e. The molecular weight excluding hydrogens is 257 g/mol. The highest BCUT2D eigenvalue weighted by Crippen LogP contribution is 2.28. The van der Waals surface area contributed by atoms with Crippen molar-refractivity contribution in [3.05, 3.63) is 47.1 Å². The van der Waals surface area contributed by atoms with E-state index in [1.54, 1.807) is 11.3 Å². The maximum atomic E-state index is 13.8. The Kier molecular flexibility index (Phi) is 5.14. The van der Waals surface area contributed by atoms with Crippen LogP contribution < -0.4 is 5.32 Å².